The number of methoxy groups -OCH3 is 1. The summed E-state index contributed by atoms with van der Waals surface area (Å²) >= 11 is 0. The molecule has 3 rings (SSSR count). The Labute approximate surface area is 141 Å². The van der Waals surface area contributed by atoms with E-state index in [1.54, 1.807) is 13.2 Å². The molecule has 2 heterocycles. The number of hydrogen-bond donors (Lipinski definition) is 0. The fraction of sp³-hybridized carbons (Fsp3) is 0.350. The Morgan fingerprint density at radius 1 is 1.29 bits per heavy atom. The summed E-state index contributed by atoms with van der Waals surface area (Å²) in [6, 6.07) is 3.17. The SMILES string of the molecule is COc1c2c(c(CC=C(C)C)c3oc(=O)ccc13)OC(C)(C)C=C2. The van der Waals surface area contributed by atoms with Crippen molar-refractivity contribution in [3.63, 3.8) is 0 Å². The van der Waals surface area contributed by atoms with E-state index in [9.17, 15) is 4.79 Å². The van der Waals surface area contributed by atoms with E-state index in [2.05, 4.69) is 6.08 Å². The van der Waals surface area contributed by atoms with Gasteiger partial charge in [0.05, 0.1) is 18.1 Å². The summed E-state index contributed by atoms with van der Waals surface area (Å²) in [5, 5.41) is 0.779. The second-order valence-electron chi connectivity index (χ2n) is 6.78. The Kier molecular flexibility index (Phi) is 3.99. The zero-order valence-corrected chi connectivity index (χ0v) is 14.7. The molecule has 0 spiro atoms. The van der Waals surface area contributed by atoms with Crippen molar-refractivity contribution in [2.45, 2.75) is 39.7 Å². The third-order valence-electron chi connectivity index (χ3n) is 4.05. The molecule has 24 heavy (non-hydrogen) atoms. The molecule has 0 saturated carbocycles. The van der Waals surface area contributed by atoms with Gasteiger partial charge in [-0.05, 0) is 52.3 Å². The fourth-order valence-electron chi connectivity index (χ4n) is 2.89. The van der Waals surface area contributed by atoms with Gasteiger partial charge in [-0.2, -0.15) is 0 Å². The molecular weight excluding hydrogens is 304 g/mol. The summed E-state index contributed by atoms with van der Waals surface area (Å²) in [4.78, 5) is 11.8. The highest BCUT2D eigenvalue weighted by Gasteiger charge is 2.29. The molecule has 4 nitrogen and oxygen atoms in total. The van der Waals surface area contributed by atoms with Crippen molar-refractivity contribution in [2.75, 3.05) is 7.11 Å². The average molecular weight is 326 g/mol. The van der Waals surface area contributed by atoms with Gasteiger partial charge in [-0.3, -0.25) is 0 Å². The summed E-state index contributed by atoms with van der Waals surface area (Å²) < 4.78 is 17.4. The first-order valence-electron chi connectivity index (χ1n) is 8.00. The van der Waals surface area contributed by atoms with Crippen LogP contribution in [0.1, 0.15) is 38.8 Å². The number of ether oxygens (including phenoxy) is 2. The lowest BCUT2D eigenvalue weighted by atomic mass is 9.95. The highest BCUT2D eigenvalue weighted by molar-refractivity contribution is 5.94. The topological polar surface area (TPSA) is 48.7 Å². The highest BCUT2D eigenvalue weighted by atomic mass is 16.5. The summed E-state index contributed by atoms with van der Waals surface area (Å²) in [6.07, 6.45) is 6.76. The van der Waals surface area contributed by atoms with E-state index in [1.807, 2.05) is 39.8 Å². The van der Waals surface area contributed by atoms with Crippen LogP contribution >= 0.6 is 0 Å². The maximum Gasteiger partial charge on any atom is 0.336 e. The smallest absolute Gasteiger partial charge is 0.336 e. The van der Waals surface area contributed by atoms with Crippen LogP contribution in [-0.4, -0.2) is 12.7 Å². The molecule has 0 saturated heterocycles. The van der Waals surface area contributed by atoms with E-state index in [-0.39, 0.29) is 5.63 Å². The fourth-order valence-corrected chi connectivity index (χ4v) is 2.89. The van der Waals surface area contributed by atoms with Crippen LogP contribution in [-0.2, 0) is 6.42 Å². The zero-order chi connectivity index (χ0) is 17.5. The van der Waals surface area contributed by atoms with Gasteiger partial charge in [0.1, 0.15) is 22.7 Å². The second kappa shape index (κ2) is 5.86. The first kappa shape index (κ1) is 16.4. The molecule has 1 aromatic carbocycles. The molecule has 0 fully saturated rings. The van der Waals surface area contributed by atoms with Gasteiger partial charge in [0, 0.05) is 11.6 Å². The van der Waals surface area contributed by atoms with E-state index in [0.717, 1.165) is 22.3 Å². The van der Waals surface area contributed by atoms with Crippen molar-refractivity contribution >= 4 is 17.0 Å². The minimum atomic E-state index is -0.430. The van der Waals surface area contributed by atoms with Crippen LogP contribution in [0, 0.1) is 0 Å². The molecule has 0 unspecified atom stereocenters. The van der Waals surface area contributed by atoms with Gasteiger partial charge in [0.25, 0.3) is 0 Å². The number of benzene rings is 1. The zero-order valence-electron chi connectivity index (χ0n) is 14.7. The standard InChI is InChI=1S/C20H22O4/c1-12(2)6-7-14-18-13(8-9-16(21)23-18)17(22-5)15-10-11-20(3,4)24-19(14)15/h6,8-11H,7H2,1-5H3. The molecule has 0 amide bonds. The number of fused-ring (bicyclic) bond motifs is 2. The van der Waals surface area contributed by atoms with Crippen molar-refractivity contribution in [3.8, 4) is 11.5 Å². The molecule has 126 valence electrons. The molecule has 1 aliphatic heterocycles. The molecule has 1 aromatic heterocycles. The quantitative estimate of drug-likeness (QED) is 0.616. The van der Waals surface area contributed by atoms with Crippen LogP contribution in [0.15, 0.2) is 39.1 Å². The van der Waals surface area contributed by atoms with Crippen LogP contribution in [0.4, 0.5) is 0 Å². The summed E-state index contributed by atoms with van der Waals surface area (Å²) in [7, 11) is 1.61. The monoisotopic (exact) mass is 326 g/mol. The molecule has 0 bridgehead atoms. The average Bonchev–Trinajstić information content (AvgIpc) is 2.50. The molecule has 1 aliphatic rings. The molecule has 0 aliphatic carbocycles. The number of rotatable bonds is 3. The third kappa shape index (κ3) is 2.84. The molecule has 0 atom stereocenters. The van der Waals surface area contributed by atoms with E-state index >= 15 is 0 Å². The Morgan fingerprint density at radius 3 is 2.71 bits per heavy atom. The second-order valence-corrected chi connectivity index (χ2v) is 6.78. The first-order chi connectivity index (χ1) is 11.3. The maximum absolute atomic E-state index is 11.8. The lowest BCUT2D eigenvalue weighted by Gasteiger charge is -2.30. The first-order valence-corrected chi connectivity index (χ1v) is 8.00. The van der Waals surface area contributed by atoms with Gasteiger partial charge in [-0.25, -0.2) is 4.79 Å². The van der Waals surface area contributed by atoms with E-state index < -0.39 is 5.60 Å². The summed E-state index contributed by atoms with van der Waals surface area (Å²) in [6.45, 7) is 8.07. The number of allylic oxidation sites excluding steroid dienone is 2. The van der Waals surface area contributed by atoms with Crippen molar-refractivity contribution < 1.29 is 13.9 Å². The van der Waals surface area contributed by atoms with Gasteiger partial charge in [0.15, 0.2) is 0 Å². The largest absolute Gasteiger partial charge is 0.495 e. The predicted molar refractivity (Wildman–Crippen MR) is 95.9 cm³/mol. The molecule has 0 N–H and O–H groups in total. The van der Waals surface area contributed by atoms with Gasteiger partial charge in [-0.15, -0.1) is 0 Å². The van der Waals surface area contributed by atoms with Gasteiger partial charge in [-0.1, -0.05) is 11.6 Å². The number of hydrogen-bond acceptors (Lipinski definition) is 4. The van der Waals surface area contributed by atoms with Crippen molar-refractivity contribution in [2.24, 2.45) is 0 Å². The van der Waals surface area contributed by atoms with Gasteiger partial charge >= 0.3 is 5.63 Å². The highest BCUT2D eigenvalue weighted by Crippen LogP contribution is 2.45. The summed E-state index contributed by atoms with van der Waals surface area (Å²) in [5.74, 6) is 1.38. The van der Waals surface area contributed by atoms with Gasteiger partial charge < -0.3 is 13.9 Å². The molecular formula is C20H22O4. The lowest BCUT2D eigenvalue weighted by Crippen LogP contribution is -2.28. The molecule has 2 aromatic rings. The molecule has 4 heteroatoms. The lowest BCUT2D eigenvalue weighted by molar-refractivity contribution is 0.157. The van der Waals surface area contributed by atoms with Crippen LogP contribution in [0.2, 0.25) is 0 Å². The van der Waals surface area contributed by atoms with Crippen LogP contribution < -0.4 is 15.1 Å². The maximum atomic E-state index is 11.8. The Morgan fingerprint density at radius 2 is 2.04 bits per heavy atom. The Bertz CT molecular complexity index is 909. The van der Waals surface area contributed by atoms with Crippen molar-refractivity contribution in [1.82, 2.24) is 0 Å². The Balaban J connectivity index is 2.41. The predicted octanol–water partition coefficient (Wildman–Crippen LogP) is 4.49. The van der Waals surface area contributed by atoms with Gasteiger partial charge in [0.2, 0.25) is 0 Å². The summed E-state index contributed by atoms with van der Waals surface area (Å²) in [5.41, 5.74) is 2.67. The van der Waals surface area contributed by atoms with Crippen LogP contribution in [0.5, 0.6) is 11.5 Å². The van der Waals surface area contributed by atoms with Crippen molar-refractivity contribution in [1.29, 1.82) is 0 Å². The van der Waals surface area contributed by atoms with E-state index in [0.29, 0.717) is 17.8 Å². The Hall–Kier alpha value is -2.49. The van der Waals surface area contributed by atoms with E-state index in [1.165, 1.54) is 11.6 Å². The van der Waals surface area contributed by atoms with Crippen LogP contribution in [0.3, 0.4) is 0 Å². The third-order valence-corrected chi connectivity index (χ3v) is 4.05. The van der Waals surface area contributed by atoms with E-state index in [4.69, 9.17) is 13.9 Å². The van der Waals surface area contributed by atoms with Crippen molar-refractivity contribution in [3.05, 3.63) is 51.4 Å². The molecule has 0 radical (unpaired) electrons. The van der Waals surface area contributed by atoms with Crippen LogP contribution in [0.25, 0.3) is 17.0 Å². The normalized spacial score (nSPS) is 14.9. The minimum absolute atomic E-state index is 0.381. The minimum Gasteiger partial charge on any atom is -0.495 e.